The van der Waals surface area contributed by atoms with E-state index in [2.05, 4.69) is 0 Å². The number of nitrogens with two attached hydrogens (primary N) is 1. The van der Waals surface area contributed by atoms with Gasteiger partial charge in [-0.3, -0.25) is 4.79 Å². The summed E-state index contributed by atoms with van der Waals surface area (Å²) in [6.07, 6.45) is 0. The summed E-state index contributed by atoms with van der Waals surface area (Å²) < 4.78 is 0. The van der Waals surface area contributed by atoms with Gasteiger partial charge in [-0.15, -0.1) is 0 Å². The van der Waals surface area contributed by atoms with Gasteiger partial charge in [-0.25, -0.2) is 0 Å². The minimum atomic E-state index is -0.466. The second-order valence-corrected chi connectivity index (χ2v) is 2.93. The van der Waals surface area contributed by atoms with Gasteiger partial charge in [0.2, 0.25) is 5.91 Å². The number of para-hydroxylation sites is 1. The van der Waals surface area contributed by atoms with Crippen LogP contribution in [0, 0.1) is 0 Å². The van der Waals surface area contributed by atoms with E-state index in [0.717, 1.165) is 11.3 Å². The van der Waals surface area contributed by atoms with Gasteiger partial charge in [0.1, 0.15) is 6.04 Å². The quantitative estimate of drug-likeness (QED) is 0.609. The summed E-state index contributed by atoms with van der Waals surface area (Å²) in [7, 11) is 1.74. The van der Waals surface area contributed by atoms with E-state index in [-0.39, 0.29) is 5.91 Å². The van der Waals surface area contributed by atoms with Crippen molar-refractivity contribution in [1.29, 1.82) is 0 Å². The maximum atomic E-state index is 11.4. The number of likely N-dealkylation sites (N-methyl/N-ethyl adjacent to an activating group) is 1. The molecule has 0 bridgehead atoms. The van der Waals surface area contributed by atoms with Crippen molar-refractivity contribution in [2.24, 2.45) is 5.73 Å². The van der Waals surface area contributed by atoms with Gasteiger partial charge < -0.3 is 10.6 Å². The van der Waals surface area contributed by atoms with Gasteiger partial charge in [-0.05, 0) is 6.07 Å². The lowest BCUT2D eigenvalue weighted by molar-refractivity contribution is -0.118. The topological polar surface area (TPSA) is 46.3 Å². The molecule has 3 nitrogen and oxygen atoms in total. The number of amides is 1. The Bertz CT molecular complexity index is 304. The Kier molecular flexibility index (Phi) is 1.41. The average molecular weight is 162 g/mol. The molecule has 0 fully saturated rings. The van der Waals surface area contributed by atoms with E-state index in [9.17, 15) is 4.79 Å². The highest BCUT2D eigenvalue weighted by Gasteiger charge is 2.31. The third-order valence-corrected chi connectivity index (χ3v) is 2.23. The van der Waals surface area contributed by atoms with E-state index >= 15 is 0 Å². The zero-order chi connectivity index (χ0) is 8.72. The van der Waals surface area contributed by atoms with Crippen LogP contribution in [-0.2, 0) is 4.79 Å². The monoisotopic (exact) mass is 162 g/mol. The molecule has 0 aliphatic carbocycles. The minimum Gasteiger partial charge on any atom is -0.316 e. The van der Waals surface area contributed by atoms with Crippen LogP contribution >= 0.6 is 0 Å². The zero-order valence-corrected chi connectivity index (χ0v) is 6.82. The largest absolute Gasteiger partial charge is 0.316 e. The van der Waals surface area contributed by atoms with E-state index < -0.39 is 6.04 Å². The fourth-order valence-corrected chi connectivity index (χ4v) is 1.52. The maximum absolute atomic E-state index is 11.4. The molecule has 1 aliphatic rings. The predicted octanol–water partition coefficient (Wildman–Crippen LogP) is 0.663. The van der Waals surface area contributed by atoms with E-state index in [4.69, 9.17) is 5.73 Å². The Morgan fingerprint density at radius 2 is 2.08 bits per heavy atom. The molecule has 1 aromatic carbocycles. The number of hydrogen-bond acceptors (Lipinski definition) is 2. The molecule has 0 radical (unpaired) electrons. The van der Waals surface area contributed by atoms with Crippen LogP contribution in [0.5, 0.6) is 0 Å². The fourth-order valence-electron chi connectivity index (χ4n) is 1.52. The van der Waals surface area contributed by atoms with Crippen molar-refractivity contribution in [3.8, 4) is 0 Å². The van der Waals surface area contributed by atoms with Gasteiger partial charge in [0.25, 0.3) is 0 Å². The van der Waals surface area contributed by atoms with Crippen LogP contribution in [0.3, 0.4) is 0 Å². The van der Waals surface area contributed by atoms with Crippen molar-refractivity contribution in [3.63, 3.8) is 0 Å². The lowest BCUT2D eigenvalue weighted by Gasteiger charge is -2.08. The summed E-state index contributed by atoms with van der Waals surface area (Å²) in [5, 5.41) is 0. The Morgan fingerprint density at radius 1 is 1.42 bits per heavy atom. The normalized spacial score (nSPS) is 21.3. The zero-order valence-electron chi connectivity index (χ0n) is 6.82. The molecular formula is C9H10N2O. The van der Waals surface area contributed by atoms with Crippen molar-refractivity contribution in [2.45, 2.75) is 6.04 Å². The molecule has 2 N–H and O–H groups in total. The lowest BCUT2D eigenvalue weighted by Crippen LogP contribution is -2.27. The van der Waals surface area contributed by atoms with Gasteiger partial charge in [-0.2, -0.15) is 0 Å². The van der Waals surface area contributed by atoms with Crippen LogP contribution in [0.2, 0.25) is 0 Å². The van der Waals surface area contributed by atoms with Crippen LogP contribution < -0.4 is 10.6 Å². The van der Waals surface area contributed by atoms with Crippen molar-refractivity contribution in [1.82, 2.24) is 0 Å². The van der Waals surface area contributed by atoms with E-state index in [0.29, 0.717) is 0 Å². The Balaban J connectivity index is 2.59. The van der Waals surface area contributed by atoms with Gasteiger partial charge in [-0.1, -0.05) is 18.2 Å². The SMILES string of the molecule is CN1C(=O)C(N)c2ccccc21. The third kappa shape index (κ3) is 0.769. The first kappa shape index (κ1) is 7.31. The van der Waals surface area contributed by atoms with Gasteiger partial charge in [0, 0.05) is 18.3 Å². The third-order valence-electron chi connectivity index (χ3n) is 2.23. The molecule has 0 saturated carbocycles. The number of carbonyl (C=O) groups is 1. The maximum Gasteiger partial charge on any atom is 0.248 e. The molecule has 12 heavy (non-hydrogen) atoms. The molecule has 1 atom stereocenters. The average Bonchev–Trinajstić information content (AvgIpc) is 2.33. The first-order chi connectivity index (χ1) is 5.72. The second-order valence-electron chi connectivity index (χ2n) is 2.93. The highest BCUT2D eigenvalue weighted by atomic mass is 16.2. The molecule has 3 heteroatoms. The first-order valence-electron chi connectivity index (χ1n) is 3.84. The first-order valence-corrected chi connectivity index (χ1v) is 3.84. The molecule has 1 aromatic rings. The number of benzene rings is 1. The fraction of sp³-hybridized carbons (Fsp3) is 0.222. The lowest BCUT2D eigenvalue weighted by atomic mass is 10.1. The van der Waals surface area contributed by atoms with Crippen LogP contribution in [0.15, 0.2) is 24.3 Å². The highest BCUT2D eigenvalue weighted by molar-refractivity contribution is 6.03. The number of nitrogens with zero attached hydrogens (tertiary/aromatic N) is 1. The summed E-state index contributed by atoms with van der Waals surface area (Å²) in [5.41, 5.74) is 7.54. The molecule has 1 heterocycles. The molecule has 62 valence electrons. The van der Waals surface area contributed by atoms with E-state index in [1.807, 2.05) is 24.3 Å². The van der Waals surface area contributed by atoms with Gasteiger partial charge >= 0.3 is 0 Å². The number of fused-ring (bicyclic) bond motifs is 1. The van der Waals surface area contributed by atoms with Crippen LogP contribution in [0.1, 0.15) is 11.6 Å². The summed E-state index contributed by atoms with van der Waals surface area (Å²) in [6.45, 7) is 0. The minimum absolute atomic E-state index is 0.0313. The number of anilines is 1. The van der Waals surface area contributed by atoms with Crippen LogP contribution in [-0.4, -0.2) is 13.0 Å². The van der Waals surface area contributed by atoms with Crippen LogP contribution in [0.4, 0.5) is 5.69 Å². The number of carbonyl (C=O) groups excluding carboxylic acids is 1. The Labute approximate surface area is 70.8 Å². The molecule has 1 unspecified atom stereocenters. The van der Waals surface area contributed by atoms with Crippen molar-refractivity contribution in [3.05, 3.63) is 29.8 Å². The number of rotatable bonds is 0. The van der Waals surface area contributed by atoms with E-state index in [1.165, 1.54) is 0 Å². The molecule has 0 aromatic heterocycles. The van der Waals surface area contributed by atoms with Gasteiger partial charge in [0.05, 0.1) is 0 Å². The Morgan fingerprint density at radius 3 is 2.75 bits per heavy atom. The standard InChI is InChI=1S/C9H10N2O/c1-11-7-5-3-2-4-6(7)8(10)9(11)12/h2-5,8H,10H2,1H3. The summed E-state index contributed by atoms with van der Waals surface area (Å²) in [5.74, 6) is -0.0313. The smallest absolute Gasteiger partial charge is 0.248 e. The molecule has 0 saturated heterocycles. The van der Waals surface area contributed by atoms with E-state index in [1.54, 1.807) is 11.9 Å². The highest BCUT2D eigenvalue weighted by Crippen LogP contribution is 2.32. The molecule has 1 aliphatic heterocycles. The van der Waals surface area contributed by atoms with Gasteiger partial charge in [0.15, 0.2) is 0 Å². The molecular weight excluding hydrogens is 152 g/mol. The summed E-state index contributed by atoms with van der Waals surface area (Å²) >= 11 is 0. The van der Waals surface area contributed by atoms with Crippen molar-refractivity contribution < 1.29 is 4.79 Å². The van der Waals surface area contributed by atoms with Crippen molar-refractivity contribution in [2.75, 3.05) is 11.9 Å². The second kappa shape index (κ2) is 2.32. The number of hydrogen-bond donors (Lipinski definition) is 1. The van der Waals surface area contributed by atoms with Crippen molar-refractivity contribution >= 4 is 11.6 Å². The van der Waals surface area contributed by atoms with Crippen LogP contribution in [0.25, 0.3) is 0 Å². The summed E-state index contributed by atoms with van der Waals surface area (Å²) in [6, 6.07) is 7.12. The molecule has 0 spiro atoms. The molecule has 1 amide bonds. The molecule has 2 rings (SSSR count). The predicted molar refractivity (Wildman–Crippen MR) is 46.8 cm³/mol. The Hall–Kier alpha value is -1.35. The summed E-state index contributed by atoms with van der Waals surface area (Å²) in [4.78, 5) is 13.0.